The van der Waals surface area contributed by atoms with Gasteiger partial charge in [0.25, 0.3) is 0 Å². The average Bonchev–Trinajstić information content (AvgIpc) is 2.59. The Morgan fingerprint density at radius 1 is 1.35 bits per heavy atom. The zero-order valence-electron chi connectivity index (χ0n) is 10.1. The highest BCUT2D eigenvalue weighted by Gasteiger charge is 2.14. The van der Waals surface area contributed by atoms with Gasteiger partial charge in [0.1, 0.15) is 5.82 Å². The molecule has 0 aliphatic heterocycles. The van der Waals surface area contributed by atoms with Crippen molar-refractivity contribution >= 4 is 15.9 Å². The number of aromatic nitrogens is 2. The molecule has 0 aliphatic rings. The van der Waals surface area contributed by atoms with Gasteiger partial charge >= 0.3 is 0 Å². The summed E-state index contributed by atoms with van der Waals surface area (Å²) in [6.45, 7) is 6.48. The molecule has 0 unspecified atom stereocenters. The fourth-order valence-corrected chi connectivity index (χ4v) is 2.32. The smallest absolute Gasteiger partial charge is 0.126 e. The second-order valence-corrected chi connectivity index (χ2v) is 4.82. The molecule has 0 saturated carbocycles. The van der Waals surface area contributed by atoms with E-state index in [-0.39, 0.29) is 5.82 Å². The van der Waals surface area contributed by atoms with Crippen molar-refractivity contribution in [2.24, 2.45) is 0 Å². The van der Waals surface area contributed by atoms with Crippen molar-refractivity contribution in [1.82, 2.24) is 9.78 Å². The van der Waals surface area contributed by atoms with Crippen LogP contribution in [0.4, 0.5) is 4.39 Å². The first-order valence-electron chi connectivity index (χ1n) is 5.54. The molecule has 2 aromatic rings. The van der Waals surface area contributed by atoms with Crippen molar-refractivity contribution in [3.8, 4) is 11.3 Å². The summed E-state index contributed by atoms with van der Waals surface area (Å²) in [5.74, 6) is -0.184. The van der Waals surface area contributed by atoms with Crippen molar-refractivity contribution in [3.05, 3.63) is 39.7 Å². The van der Waals surface area contributed by atoms with Crippen LogP contribution in [0.3, 0.4) is 0 Å². The third-order valence-corrected chi connectivity index (χ3v) is 3.75. The van der Waals surface area contributed by atoms with E-state index in [0.717, 1.165) is 28.0 Å². The summed E-state index contributed by atoms with van der Waals surface area (Å²) in [6.07, 6.45) is 0. The number of hydrogen-bond donors (Lipinski definition) is 0. The molecule has 4 heteroatoms. The van der Waals surface area contributed by atoms with Crippen LogP contribution >= 0.6 is 15.9 Å². The summed E-state index contributed by atoms with van der Waals surface area (Å²) >= 11 is 3.52. The highest BCUT2D eigenvalue weighted by Crippen LogP contribution is 2.31. The molecule has 0 bridgehead atoms. The van der Waals surface area contributed by atoms with E-state index in [4.69, 9.17) is 0 Å². The summed E-state index contributed by atoms with van der Waals surface area (Å²) in [4.78, 5) is 0. The lowest BCUT2D eigenvalue weighted by Gasteiger charge is -2.06. The molecule has 17 heavy (non-hydrogen) atoms. The van der Waals surface area contributed by atoms with E-state index in [1.165, 1.54) is 0 Å². The Hall–Kier alpha value is -1.16. The number of hydrogen-bond acceptors (Lipinski definition) is 1. The van der Waals surface area contributed by atoms with E-state index in [9.17, 15) is 4.39 Å². The fourth-order valence-electron chi connectivity index (χ4n) is 1.80. The molecule has 0 saturated heterocycles. The van der Waals surface area contributed by atoms with Crippen molar-refractivity contribution in [3.63, 3.8) is 0 Å². The van der Waals surface area contributed by atoms with Gasteiger partial charge in [0, 0.05) is 12.1 Å². The molecule has 1 aromatic carbocycles. The molecule has 0 fully saturated rings. The molecular formula is C13H14BrFN2. The minimum absolute atomic E-state index is 0.184. The van der Waals surface area contributed by atoms with E-state index in [1.54, 1.807) is 19.1 Å². The standard InChI is InChI=1S/C13H14BrFN2/c1-4-17-13(12(14)9(3)16-17)10-6-5-8(2)11(15)7-10/h5-7H,4H2,1-3H3. The minimum atomic E-state index is -0.184. The fraction of sp³-hybridized carbons (Fsp3) is 0.308. The van der Waals surface area contributed by atoms with Crippen LogP contribution in [0, 0.1) is 19.7 Å². The molecule has 1 aromatic heterocycles. The van der Waals surface area contributed by atoms with Crippen LogP contribution in [0.2, 0.25) is 0 Å². The monoisotopic (exact) mass is 296 g/mol. The molecule has 2 rings (SSSR count). The van der Waals surface area contributed by atoms with Gasteiger partial charge in [-0.25, -0.2) is 4.39 Å². The van der Waals surface area contributed by atoms with Gasteiger partial charge < -0.3 is 0 Å². The summed E-state index contributed by atoms with van der Waals surface area (Å²) in [5, 5.41) is 4.40. The Kier molecular flexibility index (Phi) is 3.33. The lowest BCUT2D eigenvalue weighted by Crippen LogP contribution is -1.99. The minimum Gasteiger partial charge on any atom is -0.264 e. The quantitative estimate of drug-likeness (QED) is 0.816. The van der Waals surface area contributed by atoms with Crippen LogP contribution in [-0.4, -0.2) is 9.78 Å². The van der Waals surface area contributed by atoms with Gasteiger partial charge in [-0.2, -0.15) is 5.10 Å². The predicted octanol–water partition coefficient (Wildman–Crippen LogP) is 4.09. The average molecular weight is 297 g/mol. The Balaban J connectivity index is 2.63. The van der Waals surface area contributed by atoms with Crippen molar-refractivity contribution in [2.75, 3.05) is 0 Å². The zero-order chi connectivity index (χ0) is 12.6. The Morgan fingerprint density at radius 3 is 2.65 bits per heavy atom. The van der Waals surface area contributed by atoms with Gasteiger partial charge in [0.05, 0.1) is 15.9 Å². The molecule has 1 heterocycles. The van der Waals surface area contributed by atoms with Gasteiger partial charge in [0.15, 0.2) is 0 Å². The van der Waals surface area contributed by atoms with Crippen LogP contribution in [0.15, 0.2) is 22.7 Å². The lowest BCUT2D eigenvalue weighted by atomic mass is 10.1. The first kappa shape index (κ1) is 12.3. The van der Waals surface area contributed by atoms with Gasteiger partial charge in [-0.15, -0.1) is 0 Å². The van der Waals surface area contributed by atoms with Gasteiger partial charge in [-0.05, 0) is 48.3 Å². The van der Waals surface area contributed by atoms with Crippen LogP contribution < -0.4 is 0 Å². The molecule has 0 N–H and O–H groups in total. The maximum atomic E-state index is 13.6. The molecule has 0 atom stereocenters. The molecular weight excluding hydrogens is 283 g/mol. The van der Waals surface area contributed by atoms with Crippen LogP contribution in [0.5, 0.6) is 0 Å². The zero-order valence-corrected chi connectivity index (χ0v) is 11.7. The molecule has 90 valence electrons. The molecule has 0 radical (unpaired) electrons. The molecule has 0 amide bonds. The van der Waals surface area contributed by atoms with Crippen LogP contribution in [0.1, 0.15) is 18.2 Å². The second-order valence-electron chi connectivity index (χ2n) is 4.03. The summed E-state index contributed by atoms with van der Waals surface area (Å²) < 4.78 is 16.4. The Labute approximate surface area is 109 Å². The van der Waals surface area contributed by atoms with Crippen LogP contribution in [-0.2, 0) is 6.54 Å². The molecule has 0 spiro atoms. The molecule has 2 nitrogen and oxygen atoms in total. The Morgan fingerprint density at radius 2 is 2.06 bits per heavy atom. The first-order chi connectivity index (χ1) is 8.04. The van der Waals surface area contributed by atoms with Gasteiger partial charge in [-0.3, -0.25) is 4.68 Å². The topological polar surface area (TPSA) is 17.8 Å². The maximum Gasteiger partial charge on any atom is 0.126 e. The third kappa shape index (κ3) is 2.14. The second kappa shape index (κ2) is 4.61. The SMILES string of the molecule is CCn1nc(C)c(Br)c1-c1ccc(C)c(F)c1. The maximum absolute atomic E-state index is 13.6. The third-order valence-electron chi connectivity index (χ3n) is 2.80. The van der Waals surface area contributed by atoms with E-state index in [2.05, 4.69) is 21.0 Å². The highest BCUT2D eigenvalue weighted by atomic mass is 79.9. The lowest BCUT2D eigenvalue weighted by molar-refractivity contribution is 0.617. The number of aryl methyl sites for hydroxylation is 3. The Bertz CT molecular complexity index is 561. The van der Waals surface area contributed by atoms with Crippen molar-refractivity contribution in [1.29, 1.82) is 0 Å². The predicted molar refractivity (Wildman–Crippen MR) is 70.5 cm³/mol. The van der Waals surface area contributed by atoms with E-state index >= 15 is 0 Å². The van der Waals surface area contributed by atoms with Gasteiger partial charge in [0.2, 0.25) is 0 Å². The van der Waals surface area contributed by atoms with E-state index in [0.29, 0.717) is 5.56 Å². The van der Waals surface area contributed by atoms with Gasteiger partial charge in [-0.1, -0.05) is 12.1 Å². The van der Waals surface area contributed by atoms with E-state index < -0.39 is 0 Å². The molecule has 0 aliphatic carbocycles. The van der Waals surface area contributed by atoms with Crippen LogP contribution in [0.25, 0.3) is 11.3 Å². The normalized spacial score (nSPS) is 10.9. The first-order valence-corrected chi connectivity index (χ1v) is 6.33. The van der Waals surface area contributed by atoms with E-state index in [1.807, 2.05) is 24.6 Å². The highest BCUT2D eigenvalue weighted by molar-refractivity contribution is 9.10. The largest absolute Gasteiger partial charge is 0.264 e. The van der Waals surface area contributed by atoms with Crippen molar-refractivity contribution in [2.45, 2.75) is 27.3 Å². The summed E-state index contributed by atoms with van der Waals surface area (Å²) in [5.41, 5.74) is 3.36. The number of halogens is 2. The summed E-state index contributed by atoms with van der Waals surface area (Å²) in [7, 11) is 0. The number of nitrogens with zero attached hydrogens (tertiary/aromatic N) is 2. The van der Waals surface area contributed by atoms with Crippen molar-refractivity contribution < 1.29 is 4.39 Å². The number of rotatable bonds is 2. The summed E-state index contributed by atoms with van der Waals surface area (Å²) in [6, 6.07) is 5.27. The number of benzene rings is 1.